The number of hydrogen-bond donors (Lipinski definition) is 3. The van der Waals surface area contributed by atoms with Gasteiger partial charge in [0.25, 0.3) is 0 Å². The molecule has 3 aromatic rings. The number of aliphatic hydroxyl groups is 3. The van der Waals surface area contributed by atoms with Crippen molar-refractivity contribution in [2.75, 3.05) is 11.9 Å². The monoisotopic (exact) mass is 569 g/mol. The molecule has 10 heteroatoms. The molecular formula is C30H33F6NO3. The number of alkyl halides is 6. The van der Waals surface area contributed by atoms with E-state index in [-0.39, 0.29) is 36.4 Å². The number of hydrogen-bond acceptors (Lipinski definition) is 4. The van der Waals surface area contributed by atoms with Gasteiger partial charge in [-0.1, -0.05) is 74.9 Å². The molecular weight excluding hydrogens is 536 g/mol. The highest BCUT2D eigenvalue weighted by Crippen LogP contribution is 2.57. The molecule has 0 spiro atoms. The molecule has 0 aliphatic rings. The Bertz CT molecular complexity index is 1290. The van der Waals surface area contributed by atoms with Crippen molar-refractivity contribution in [3.8, 4) is 11.1 Å². The molecule has 3 rings (SSSR count). The number of halogens is 6. The summed E-state index contributed by atoms with van der Waals surface area (Å²) in [5.41, 5.74) is -5.38. The van der Waals surface area contributed by atoms with Crippen molar-refractivity contribution in [1.82, 2.24) is 0 Å². The Balaban J connectivity index is 2.47. The average molecular weight is 570 g/mol. The molecule has 3 aromatic carbocycles. The molecule has 0 heterocycles. The average Bonchev–Trinajstić information content (AvgIpc) is 2.91. The molecule has 1 atom stereocenters. The largest absolute Gasteiger partial charge is 0.435 e. The Morgan fingerprint density at radius 2 is 1.43 bits per heavy atom. The number of nitrogens with zero attached hydrogens (tertiary/aromatic N) is 1. The number of rotatable bonds is 11. The maximum absolute atomic E-state index is 16.3. The summed E-state index contributed by atoms with van der Waals surface area (Å²) in [6, 6.07) is 13.3. The predicted octanol–water partition coefficient (Wildman–Crippen LogP) is 6.80. The predicted molar refractivity (Wildman–Crippen MR) is 142 cm³/mol. The molecule has 0 aliphatic carbocycles. The van der Waals surface area contributed by atoms with E-state index in [1.165, 1.54) is 54.4 Å². The molecule has 0 bridgehead atoms. The molecule has 0 aliphatic heterocycles. The fourth-order valence-electron chi connectivity index (χ4n) is 5.12. The van der Waals surface area contributed by atoms with Crippen LogP contribution in [0.25, 0.3) is 11.1 Å². The summed E-state index contributed by atoms with van der Waals surface area (Å²) in [5, 5.41) is 28.8. The van der Waals surface area contributed by atoms with Gasteiger partial charge in [-0.15, -0.1) is 0 Å². The normalized spacial score (nSPS) is 13.8. The summed E-state index contributed by atoms with van der Waals surface area (Å²) in [6.07, 6.45) is -11.1. The summed E-state index contributed by atoms with van der Waals surface area (Å²) in [4.78, 5) is 1.27. The zero-order valence-corrected chi connectivity index (χ0v) is 22.5. The molecule has 3 N–H and O–H groups in total. The Morgan fingerprint density at radius 1 is 0.800 bits per heavy atom. The first-order chi connectivity index (χ1) is 18.7. The zero-order chi connectivity index (χ0) is 29.9. The SMILES string of the molecule is CCCc1c(CC)cc(-c2ccccc2)c(C(F)(C(O)(F)F)C(F)(F)F)c1N(C)Cc1ccc(CO)c(CO)c1. The van der Waals surface area contributed by atoms with Crippen LogP contribution in [0.15, 0.2) is 54.6 Å². The smallest absolute Gasteiger partial charge is 0.392 e. The van der Waals surface area contributed by atoms with Crippen molar-refractivity contribution < 1.29 is 41.7 Å². The second-order valence-electron chi connectivity index (χ2n) is 9.73. The van der Waals surface area contributed by atoms with E-state index in [1.54, 1.807) is 26.0 Å². The van der Waals surface area contributed by atoms with Gasteiger partial charge in [0.15, 0.2) is 0 Å². The van der Waals surface area contributed by atoms with Crippen molar-refractivity contribution in [3.05, 3.63) is 88.0 Å². The molecule has 218 valence electrons. The maximum atomic E-state index is 16.3. The van der Waals surface area contributed by atoms with E-state index in [4.69, 9.17) is 0 Å². The van der Waals surface area contributed by atoms with Crippen molar-refractivity contribution in [3.63, 3.8) is 0 Å². The number of anilines is 1. The van der Waals surface area contributed by atoms with Gasteiger partial charge in [0.2, 0.25) is 0 Å². The van der Waals surface area contributed by atoms with E-state index in [9.17, 15) is 37.3 Å². The number of aliphatic hydroxyl groups excluding tert-OH is 2. The molecule has 0 saturated heterocycles. The molecule has 0 saturated carbocycles. The van der Waals surface area contributed by atoms with Gasteiger partial charge in [0.1, 0.15) is 0 Å². The van der Waals surface area contributed by atoms with Gasteiger partial charge < -0.3 is 20.2 Å². The van der Waals surface area contributed by atoms with Crippen LogP contribution in [0.1, 0.15) is 53.6 Å². The fourth-order valence-corrected chi connectivity index (χ4v) is 5.12. The minimum absolute atomic E-state index is 0.0790. The first-order valence-electron chi connectivity index (χ1n) is 12.9. The van der Waals surface area contributed by atoms with Crippen molar-refractivity contribution in [2.24, 2.45) is 0 Å². The quantitative estimate of drug-likeness (QED) is 0.222. The third-order valence-corrected chi connectivity index (χ3v) is 7.03. The summed E-state index contributed by atoms with van der Waals surface area (Å²) in [5.74, 6) is 0. The minimum atomic E-state index is -6.19. The molecule has 40 heavy (non-hydrogen) atoms. The standard InChI is InChI=1S/C30H33F6NO3/c1-4-9-24-20(5-2)15-25(21-10-7-6-8-11-21)26(28(31,29(32,33)34)30(35,36)40)27(24)37(3)16-19-12-13-22(17-38)23(14-19)18-39/h6-8,10-15,38-40H,4-5,9,16-18H2,1-3H3. The Morgan fingerprint density at radius 3 is 1.93 bits per heavy atom. The van der Waals surface area contributed by atoms with E-state index in [2.05, 4.69) is 0 Å². The molecule has 0 fully saturated rings. The molecule has 0 amide bonds. The third-order valence-electron chi connectivity index (χ3n) is 7.03. The molecule has 1 unspecified atom stereocenters. The van der Waals surface area contributed by atoms with Crippen LogP contribution in [0, 0.1) is 0 Å². The van der Waals surface area contributed by atoms with E-state index < -0.39 is 35.7 Å². The van der Waals surface area contributed by atoms with Gasteiger partial charge in [-0.3, -0.25) is 0 Å². The first kappa shape index (κ1) is 31.4. The highest BCUT2D eigenvalue weighted by atomic mass is 19.4. The lowest BCUT2D eigenvalue weighted by molar-refractivity contribution is -0.375. The van der Waals surface area contributed by atoms with Crippen LogP contribution in [-0.4, -0.2) is 34.7 Å². The van der Waals surface area contributed by atoms with E-state index in [1.807, 2.05) is 0 Å². The first-order valence-corrected chi connectivity index (χ1v) is 12.9. The second kappa shape index (κ2) is 12.2. The second-order valence-corrected chi connectivity index (χ2v) is 9.73. The van der Waals surface area contributed by atoms with Gasteiger partial charge in [-0.05, 0) is 51.8 Å². The van der Waals surface area contributed by atoms with E-state index in [0.717, 1.165) is 0 Å². The Hall–Kier alpha value is -3.08. The number of benzene rings is 3. The molecule has 0 aromatic heterocycles. The van der Waals surface area contributed by atoms with E-state index in [0.29, 0.717) is 35.1 Å². The van der Waals surface area contributed by atoms with Crippen molar-refractivity contribution in [1.29, 1.82) is 0 Å². The summed E-state index contributed by atoms with van der Waals surface area (Å²) in [7, 11) is 1.37. The topological polar surface area (TPSA) is 63.9 Å². The van der Waals surface area contributed by atoms with Gasteiger partial charge in [0, 0.05) is 24.8 Å². The van der Waals surface area contributed by atoms with Crippen LogP contribution in [0.5, 0.6) is 0 Å². The lowest BCUT2D eigenvalue weighted by atomic mass is 9.80. The lowest BCUT2D eigenvalue weighted by Crippen LogP contribution is -2.53. The van der Waals surface area contributed by atoms with Crippen LogP contribution >= 0.6 is 0 Å². The lowest BCUT2D eigenvalue weighted by Gasteiger charge is -2.38. The van der Waals surface area contributed by atoms with Gasteiger partial charge in [-0.2, -0.15) is 22.0 Å². The van der Waals surface area contributed by atoms with Crippen LogP contribution < -0.4 is 4.90 Å². The summed E-state index contributed by atoms with van der Waals surface area (Å²) in [6.45, 7) is 2.62. The van der Waals surface area contributed by atoms with E-state index >= 15 is 4.39 Å². The maximum Gasteiger partial charge on any atom is 0.435 e. The summed E-state index contributed by atoms with van der Waals surface area (Å²) >= 11 is 0. The van der Waals surface area contributed by atoms with Crippen LogP contribution in [0.2, 0.25) is 0 Å². The van der Waals surface area contributed by atoms with Crippen LogP contribution in [-0.2, 0) is 38.3 Å². The van der Waals surface area contributed by atoms with Crippen molar-refractivity contribution in [2.45, 2.75) is 70.8 Å². The summed E-state index contributed by atoms with van der Waals surface area (Å²) < 4.78 is 88.8. The highest BCUT2D eigenvalue weighted by Gasteiger charge is 2.73. The van der Waals surface area contributed by atoms with Crippen molar-refractivity contribution >= 4 is 5.69 Å². The zero-order valence-electron chi connectivity index (χ0n) is 22.5. The molecule has 4 nitrogen and oxygen atoms in total. The fraction of sp³-hybridized carbons (Fsp3) is 0.400. The van der Waals surface area contributed by atoms with Crippen LogP contribution in [0.3, 0.4) is 0 Å². The molecule has 0 radical (unpaired) electrons. The Kier molecular flexibility index (Phi) is 9.59. The third kappa shape index (κ3) is 5.84. The number of aryl methyl sites for hydroxylation is 1. The van der Waals surface area contributed by atoms with Gasteiger partial charge in [0.05, 0.1) is 13.2 Å². The minimum Gasteiger partial charge on any atom is -0.392 e. The Labute approximate surface area is 229 Å². The highest BCUT2D eigenvalue weighted by molar-refractivity contribution is 5.80. The van der Waals surface area contributed by atoms with Gasteiger partial charge >= 0.3 is 18.0 Å². The van der Waals surface area contributed by atoms with Gasteiger partial charge in [-0.25, -0.2) is 4.39 Å². The van der Waals surface area contributed by atoms with Crippen LogP contribution in [0.4, 0.5) is 32.0 Å².